The Labute approximate surface area is 110 Å². The first kappa shape index (κ1) is 14.7. The largest absolute Gasteiger partial charge is 0.352 e. The summed E-state index contributed by atoms with van der Waals surface area (Å²) >= 11 is 0. The highest BCUT2D eigenvalue weighted by atomic mass is 16.1. The highest BCUT2D eigenvalue weighted by molar-refractivity contribution is 5.94. The van der Waals surface area contributed by atoms with Gasteiger partial charge in [0.25, 0.3) is 5.91 Å². The van der Waals surface area contributed by atoms with Gasteiger partial charge >= 0.3 is 0 Å². The van der Waals surface area contributed by atoms with Gasteiger partial charge in [-0.05, 0) is 30.0 Å². The summed E-state index contributed by atoms with van der Waals surface area (Å²) in [4.78, 5) is 11.8. The molecule has 0 saturated heterocycles. The fraction of sp³-hybridized carbons (Fsp3) is 0.533. The molecule has 0 aliphatic rings. The lowest BCUT2D eigenvalue weighted by Crippen LogP contribution is -2.24. The lowest BCUT2D eigenvalue weighted by atomic mass is 10.1. The molecule has 18 heavy (non-hydrogen) atoms. The summed E-state index contributed by atoms with van der Waals surface area (Å²) in [6.07, 6.45) is 3.44. The van der Waals surface area contributed by atoms with Gasteiger partial charge in [-0.1, -0.05) is 38.8 Å². The van der Waals surface area contributed by atoms with Gasteiger partial charge in [0.15, 0.2) is 0 Å². The maximum absolute atomic E-state index is 11.8. The van der Waals surface area contributed by atoms with Crippen molar-refractivity contribution in [1.82, 2.24) is 5.32 Å². The van der Waals surface area contributed by atoms with Crippen LogP contribution in [0.5, 0.6) is 0 Å². The normalized spacial score (nSPS) is 10.7. The van der Waals surface area contributed by atoms with Gasteiger partial charge in [-0.3, -0.25) is 4.79 Å². The van der Waals surface area contributed by atoms with Gasteiger partial charge in [0, 0.05) is 18.7 Å². The molecule has 0 unspecified atom stereocenters. The van der Waals surface area contributed by atoms with Crippen molar-refractivity contribution in [3.8, 4) is 0 Å². The molecule has 0 aromatic heterocycles. The number of rotatable bonds is 7. The Kier molecular flexibility index (Phi) is 6.44. The molecule has 0 atom stereocenters. The van der Waals surface area contributed by atoms with E-state index < -0.39 is 0 Å². The van der Waals surface area contributed by atoms with E-state index in [9.17, 15) is 4.79 Å². The number of hydrogen-bond acceptors (Lipinski definition) is 2. The summed E-state index contributed by atoms with van der Waals surface area (Å²) in [5, 5.41) is 2.94. The molecular formula is C15H24N2O. The zero-order valence-electron chi connectivity index (χ0n) is 11.4. The van der Waals surface area contributed by atoms with Crippen LogP contribution in [0.25, 0.3) is 0 Å². The Morgan fingerprint density at radius 2 is 1.89 bits per heavy atom. The molecule has 0 saturated carbocycles. The highest BCUT2D eigenvalue weighted by Crippen LogP contribution is 2.06. The van der Waals surface area contributed by atoms with E-state index in [0.29, 0.717) is 12.1 Å². The lowest BCUT2D eigenvalue weighted by molar-refractivity contribution is 0.0953. The van der Waals surface area contributed by atoms with Crippen LogP contribution in [-0.4, -0.2) is 12.5 Å². The molecule has 3 nitrogen and oxygen atoms in total. The van der Waals surface area contributed by atoms with Crippen LogP contribution in [0.1, 0.15) is 49.0 Å². The Morgan fingerprint density at radius 3 is 2.44 bits per heavy atom. The van der Waals surface area contributed by atoms with Gasteiger partial charge in [0.05, 0.1) is 0 Å². The molecule has 0 aliphatic heterocycles. The van der Waals surface area contributed by atoms with E-state index in [4.69, 9.17) is 5.73 Å². The summed E-state index contributed by atoms with van der Waals surface area (Å²) < 4.78 is 0. The van der Waals surface area contributed by atoms with Gasteiger partial charge in [0.1, 0.15) is 0 Å². The molecule has 0 bridgehead atoms. The number of amides is 1. The molecule has 1 aromatic carbocycles. The maximum atomic E-state index is 11.8. The molecule has 0 spiro atoms. The van der Waals surface area contributed by atoms with Crippen LogP contribution in [0.15, 0.2) is 24.3 Å². The van der Waals surface area contributed by atoms with Crippen molar-refractivity contribution in [2.45, 2.75) is 39.7 Å². The zero-order valence-corrected chi connectivity index (χ0v) is 11.4. The van der Waals surface area contributed by atoms with Crippen LogP contribution in [0.2, 0.25) is 0 Å². The molecule has 3 heteroatoms. The van der Waals surface area contributed by atoms with Crippen LogP contribution in [-0.2, 0) is 6.54 Å². The van der Waals surface area contributed by atoms with Gasteiger partial charge < -0.3 is 11.1 Å². The van der Waals surface area contributed by atoms with E-state index in [1.807, 2.05) is 24.3 Å². The van der Waals surface area contributed by atoms with E-state index in [2.05, 4.69) is 19.2 Å². The summed E-state index contributed by atoms with van der Waals surface area (Å²) in [6.45, 7) is 5.70. The Hall–Kier alpha value is -1.35. The van der Waals surface area contributed by atoms with Crippen LogP contribution < -0.4 is 11.1 Å². The molecule has 0 fully saturated rings. The van der Waals surface area contributed by atoms with Gasteiger partial charge in [-0.2, -0.15) is 0 Å². The second-order valence-electron chi connectivity index (χ2n) is 5.05. The Balaban J connectivity index is 2.27. The third kappa shape index (κ3) is 5.32. The molecule has 1 amide bonds. The third-order valence-corrected chi connectivity index (χ3v) is 2.95. The average Bonchev–Trinajstić information content (AvgIpc) is 2.38. The van der Waals surface area contributed by atoms with Crippen LogP contribution in [0.4, 0.5) is 0 Å². The number of nitrogens with two attached hydrogens (primary N) is 1. The summed E-state index contributed by atoms with van der Waals surface area (Å²) in [6, 6.07) is 7.44. The Morgan fingerprint density at radius 1 is 1.22 bits per heavy atom. The van der Waals surface area contributed by atoms with E-state index in [0.717, 1.165) is 24.4 Å². The van der Waals surface area contributed by atoms with Crippen LogP contribution in [0, 0.1) is 5.92 Å². The average molecular weight is 248 g/mol. The first-order valence-corrected chi connectivity index (χ1v) is 6.70. The minimum atomic E-state index is 0.00289. The molecule has 1 rings (SSSR count). The summed E-state index contributed by atoms with van der Waals surface area (Å²) in [7, 11) is 0. The predicted molar refractivity (Wildman–Crippen MR) is 75.4 cm³/mol. The van der Waals surface area contributed by atoms with Gasteiger partial charge in [0.2, 0.25) is 0 Å². The SMILES string of the molecule is CC(C)CCCCNC(=O)c1ccc(CN)cc1. The zero-order chi connectivity index (χ0) is 13.4. The van der Waals surface area contributed by atoms with Crippen LogP contribution in [0.3, 0.4) is 0 Å². The number of unbranched alkanes of at least 4 members (excludes halogenated alkanes) is 1. The first-order valence-electron chi connectivity index (χ1n) is 6.70. The number of carbonyl (C=O) groups is 1. The quantitative estimate of drug-likeness (QED) is 0.729. The van der Waals surface area contributed by atoms with Crippen molar-refractivity contribution < 1.29 is 4.79 Å². The minimum Gasteiger partial charge on any atom is -0.352 e. The Bertz CT molecular complexity index is 357. The minimum absolute atomic E-state index is 0.00289. The summed E-state index contributed by atoms with van der Waals surface area (Å²) in [5.41, 5.74) is 7.26. The van der Waals surface area contributed by atoms with Gasteiger partial charge in [-0.25, -0.2) is 0 Å². The monoisotopic (exact) mass is 248 g/mol. The fourth-order valence-corrected chi connectivity index (χ4v) is 1.77. The lowest BCUT2D eigenvalue weighted by Gasteiger charge is -2.07. The third-order valence-electron chi connectivity index (χ3n) is 2.95. The molecule has 1 aromatic rings. The van der Waals surface area contributed by atoms with E-state index >= 15 is 0 Å². The molecule has 0 aliphatic carbocycles. The van der Waals surface area contributed by atoms with E-state index in [1.165, 1.54) is 12.8 Å². The fourth-order valence-electron chi connectivity index (χ4n) is 1.77. The van der Waals surface area contributed by atoms with Crippen molar-refractivity contribution in [2.24, 2.45) is 11.7 Å². The molecule has 0 heterocycles. The van der Waals surface area contributed by atoms with Crippen molar-refractivity contribution >= 4 is 5.91 Å². The number of hydrogen-bond donors (Lipinski definition) is 2. The number of nitrogens with one attached hydrogen (secondary N) is 1. The molecule has 100 valence electrons. The number of carbonyl (C=O) groups excluding carboxylic acids is 1. The second-order valence-corrected chi connectivity index (χ2v) is 5.05. The van der Waals surface area contributed by atoms with Crippen molar-refractivity contribution in [3.05, 3.63) is 35.4 Å². The summed E-state index contributed by atoms with van der Waals surface area (Å²) in [5.74, 6) is 0.743. The molecule has 0 radical (unpaired) electrons. The van der Waals surface area contributed by atoms with Gasteiger partial charge in [-0.15, -0.1) is 0 Å². The van der Waals surface area contributed by atoms with Crippen molar-refractivity contribution in [2.75, 3.05) is 6.54 Å². The second kappa shape index (κ2) is 7.88. The molecule has 3 N–H and O–H groups in total. The predicted octanol–water partition coefficient (Wildman–Crippen LogP) is 2.70. The van der Waals surface area contributed by atoms with E-state index in [-0.39, 0.29) is 5.91 Å². The van der Waals surface area contributed by atoms with Crippen LogP contribution >= 0.6 is 0 Å². The first-order chi connectivity index (χ1) is 8.63. The van der Waals surface area contributed by atoms with Crippen molar-refractivity contribution in [1.29, 1.82) is 0 Å². The highest BCUT2D eigenvalue weighted by Gasteiger charge is 2.04. The number of benzene rings is 1. The van der Waals surface area contributed by atoms with Crippen molar-refractivity contribution in [3.63, 3.8) is 0 Å². The standard InChI is InChI=1S/C15H24N2O/c1-12(2)5-3-4-10-17-15(18)14-8-6-13(11-16)7-9-14/h6-9,12H,3-5,10-11,16H2,1-2H3,(H,17,18). The molecular weight excluding hydrogens is 224 g/mol. The smallest absolute Gasteiger partial charge is 0.251 e. The maximum Gasteiger partial charge on any atom is 0.251 e. The topological polar surface area (TPSA) is 55.1 Å². The van der Waals surface area contributed by atoms with E-state index in [1.54, 1.807) is 0 Å².